The zero-order chi connectivity index (χ0) is 17.5. The zero-order valence-electron chi connectivity index (χ0n) is 13.9. The number of hydrogen-bond acceptors (Lipinski definition) is 1. The summed E-state index contributed by atoms with van der Waals surface area (Å²) in [6.45, 7) is 0. The van der Waals surface area contributed by atoms with Crippen LogP contribution in [-0.2, 0) is 0 Å². The van der Waals surface area contributed by atoms with Gasteiger partial charge in [-0.25, -0.2) is 0 Å². The van der Waals surface area contributed by atoms with E-state index in [1.807, 2.05) is 36.4 Å². The molecule has 26 heavy (non-hydrogen) atoms. The van der Waals surface area contributed by atoms with Gasteiger partial charge in [0.05, 0.1) is 5.02 Å². The van der Waals surface area contributed by atoms with E-state index in [0.29, 0.717) is 5.02 Å². The molecule has 0 saturated carbocycles. The van der Waals surface area contributed by atoms with Crippen LogP contribution in [0.25, 0.3) is 44.2 Å². The van der Waals surface area contributed by atoms with Crippen molar-refractivity contribution in [3.63, 3.8) is 0 Å². The van der Waals surface area contributed by atoms with Crippen molar-refractivity contribution in [1.29, 1.82) is 0 Å². The predicted molar refractivity (Wildman–Crippen MR) is 110 cm³/mol. The second-order valence-electron chi connectivity index (χ2n) is 6.34. The summed E-state index contributed by atoms with van der Waals surface area (Å²) in [5.74, 6) is 0. The van der Waals surface area contributed by atoms with Crippen LogP contribution in [0, 0.1) is 0 Å². The molecule has 0 aliphatic carbocycles. The highest BCUT2D eigenvalue weighted by atomic mass is 35.5. The minimum absolute atomic E-state index is 0.716. The molecular weight excluding hydrogens is 340 g/mol. The molecule has 2 heteroatoms. The first-order valence-corrected chi connectivity index (χ1v) is 8.95. The summed E-state index contributed by atoms with van der Waals surface area (Å²) in [7, 11) is 0. The van der Waals surface area contributed by atoms with Crippen LogP contribution in [0.1, 0.15) is 0 Å². The van der Waals surface area contributed by atoms with Crippen LogP contribution in [0.4, 0.5) is 0 Å². The quantitative estimate of drug-likeness (QED) is 0.318. The second-order valence-corrected chi connectivity index (χ2v) is 6.75. The normalized spacial score (nSPS) is 11.3. The van der Waals surface area contributed by atoms with E-state index in [9.17, 15) is 0 Å². The third kappa shape index (κ3) is 2.40. The Bertz CT molecular complexity index is 1240. The Kier molecular flexibility index (Phi) is 3.55. The highest BCUT2D eigenvalue weighted by Gasteiger charge is 2.14. The average Bonchev–Trinajstić information content (AvgIpc) is 3.09. The summed E-state index contributed by atoms with van der Waals surface area (Å²) < 4.78 is 6.03. The largest absolute Gasteiger partial charge is 0.456 e. The second kappa shape index (κ2) is 6.05. The Morgan fingerprint density at radius 3 is 2.04 bits per heavy atom. The average molecular weight is 355 g/mol. The maximum Gasteiger partial charge on any atom is 0.136 e. The zero-order valence-corrected chi connectivity index (χ0v) is 14.7. The molecule has 0 aliphatic heterocycles. The van der Waals surface area contributed by atoms with Gasteiger partial charge in [-0.3, -0.25) is 0 Å². The van der Waals surface area contributed by atoms with Crippen molar-refractivity contribution in [2.45, 2.75) is 0 Å². The van der Waals surface area contributed by atoms with Gasteiger partial charge in [-0.1, -0.05) is 78.3 Å². The van der Waals surface area contributed by atoms with Gasteiger partial charge in [-0.15, -0.1) is 0 Å². The monoisotopic (exact) mass is 354 g/mol. The Morgan fingerprint density at radius 2 is 1.19 bits per heavy atom. The summed E-state index contributed by atoms with van der Waals surface area (Å²) in [6, 6.07) is 31.0. The number of rotatable bonds is 2. The first-order chi connectivity index (χ1) is 12.8. The topological polar surface area (TPSA) is 13.1 Å². The van der Waals surface area contributed by atoms with E-state index in [4.69, 9.17) is 16.0 Å². The summed E-state index contributed by atoms with van der Waals surface area (Å²) in [5, 5.41) is 2.76. The maximum atomic E-state index is 6.50. The number of benzene rings is 4. The molecule has 0 spiro atoms. The van der Waals surface area contributed by atoms with E-state index in [-0.39, 0.29) is 0 Å². The van der Waals surface area contributed by atoms with Gasteiger partial charge in [0.15, 0.2) is 0 Å². The van der Waals surface area contributed by atoms with Crippen LogP contribution >= 0.6 is 11.6 Å². The van der Waals surface area contributed by atoms with Crippen molar-refractivity contribution in [3.8, 4) is 22.3 Å². The van der Waals surface area contributed by atoms with Gasteiger partial charge in [0.25, 0.3) is 0 Å². The molecule has 0 amide bonds. The molecule has 124 valence electrons. The van der Waals surface area contributed by atoms with Crippen LogP contribution in [0.2, 0.25) is 5.02 Å². The third-order valence-corrected chi connectivity index (χ3v) is 5.07. The fourth-order valence-electron chi connectivity index (χ4n) is 3.56. The molecule has 0 unspecified atom stereocenters. The Morgan fingerprint density at radius 1 is 0.538 bits per heavy atom. The molecule has 1 heterocycles. The van der Waals surface area contributed by atoms with E-state index in [0.717, 1.165) is 33.1 Å². The molecule has 0 N–H and O–H groups in total. The molecule has 0 radical (unpaired) electrons. The SMILES string of the molecule is Clc1cccc2oc3cccc(-c4cccc(-c5ccccc5)c4)c3c12. The molecule has 0 aliphatic rings. The molecule has 5 aromatic rings. The van der Waals surface area contributed by atoms with Crippen LogP contribution in [0.3, 0.4) is 0 Å². The lowest BCUT2D eigenvalue weighted by molar-refractivity contribution is 0.669. The van der Waals surface area contributed by atoms with E-state index in [1.54, 1.807) is 0 Å². The minimum Gasteiger partial charge on any atom is -0.456 e. The lowest BCUT2D eigenvalue weighted by atomic mass is 9.96. The fraction of sp³-hybridized carbons (Fsp3) is 0. The van der Waals surface area contributed by atoms with E-state index >= 15 is 0 Å². The van der Waals surface area contributed by atoms with E-state index < -0.39 is 0 Å². The van der Waals surface area contributed by atoms with Gasteiger partial charge in [-0.05, 0) is 46.5 Å². The molecule has 0 fully saturated rings. The maximum absolute atomic E-state index is 6.50. The van der Waals surface area contributed by atoms with Crippen molar-refractivity contribution in [1.82, 2.24) is 0 Å². The van der Waals surface area contributed by atoms with Gasteiger partial charge >= 0.3 is 0 Å². The number of furan rings is 1. The fourth-order valence-corrected chi connectivity index (χ4v) is 3.82. The highest BCUT2D eigenvalue weighted by Crippen LogP contribution is 2.40. The van der Waals surface area contributed by atoms with Crippen molar-refractivity contribution in [2.75, 3.05) is 0 Å². The molecular formula is C24H15ClO. The van der Waals surface area contributed by atoms with Gasteiger partial charge in [0.2, 0.25) is 0 Å². The first-order valence-electron chi connectivity index (χ1n) is 8.57. The number of hydrogen-bond donors (Lipinski definition) is 0. The summed E-state index contributed by atoms with van der Waals surface area (Å²) in [5.41, 5.74) is 6.36. The van der Waals surface area contributed by atoms with Crippen molar-refractivity contribution < 1.29 is 4.42 Å². The van der Waals surface area contributed by atoms with Gasteiger partial charge < -0.3 is 4.42 Å². The van der Waals surface area contributed by atoms with Crippen molar-refractivity contribution in [3.05, 3.63) is 96.0 Å². The molecule has 4 aromatic carbocycles. The third-order valence-electron chi connectivity index (χ3n) is 4.75. The van der Waals surface area contributed by atoms with Crippen molar-refractivity contribution in [2.24, 2.45) is 0 Å². The standard InChI is InChI=1S/C24H15ClO/c25-20-12-6-14-22-24(20)23-19(11-5-13-21(23)26-22)18-10-4-9-17(15-18)16-7-2-1-3-8-16/h1-15H. The molecule has 0 bridgehead atoms. The summed E-state index contributed by atoms with van der Waals surface area (Å²) in [6.07, 6.45) is 0. The lowest BCUT2D eigenvalue weighted by Gasteiger charge is -2.08. The predicted octanol–water partition coefficient (Wildman–Crippen LogP) is 7.57. The first kappa shape index (κ1) is 15.2. The van der Waals surface area contributed by atoms with Gasteiger partial charge in [0, 0.05) is 10.8 Å². The smallest absolute Gasteiger partial charge is 0.136 e. The highest BCUT2D eigenvalue weighted by molar-refractivity contribution is 6.38. The van der Waals surface area contributed by atoms with Crippen LogP contribution in [0.5, 0.6) is 0 Å². The summed E-state index contributed by atoms with van der Waals surface area (Å²) in [4.78, 5) is 0. The van der Waals surface area contributed by atoms with Gasteiger partial charge in [0.1, 0.15) is 11.2 Å². The molecule has 0 saturated heterocycles. The van der Waals surface area contributed by atoms with Crippen molar-refractivity contribution >= 4 is 33.5 Å². The minimum atomic E-state index is 0.716. The Balaban J connectivity index is 1.79. The Labute approximate surface area is 156 Å². The molecule has 0 atom stereocenters. The van der Waals surface area contributed by atoms with Crippen LogP contribution in [0.15, 0.2) is 95.4 Å². The Hall–Kier alpha value is -3.03. The van der Waals surface area contributed by atoms with Crippen LogP contribution in [-0.4, -0.2) is 0 Å². The van der Waals surface area contributed by atoms with E-state index in [1.165, 1.54) is 11.1 Å². The number of halogens is 1. The van der Waals surface area contributed by atoms with E-state index in [2.05, 4.69) is 54.6 Å². The lowest BCUT2D eigenvalue weighted by Crippen LogP contribution is -1.82. The molecule has 1 aromatic heterocycles. The number of fused-ring (bicyclic) bond motifs is 3. The molecule has 5 rings (SSSR count). The summed E-state index contributed by atoms with van der Waals surface area (Å²) >= 11 is 6.50. The van der Waals surface area contributed by atoms with Crippen LogP contribution < -0.4 is 0 Å². The molecule has 1 nitrogen and oxygen atoms in total. The van der Waals surface area contributed by atoms with Gasteiger partial charge in [-0.2, -0.15) is 0 Å².